The van der Waals surface area contributed by atoms with Crippen LogP contribution in [0.4, 0.5) is 0 Å². The number of aromatic nitrogens is 2. The van der Waals surface area contributed by atoms with Crippen LogP contribution in [-0.4, -0.2) is 9.97 Å². The lowest BCUT2D eigenvalue weighted by Gasteiger charge is -2.35. The number of benzene rings is 9. The van der Waals surface area contributed by atoms with Crippen molar-refractivity contribution in [2.24, 2.45) is 0 Å². The molecule has 0 amide bonds. The van der Waals surface area contributed by atoms with Crippen LogP contribution in [0.1, 0.15) is 22.3 Å². The average molecular weight is 789 g/mol. The van der Waals surface area contributed by atoms with Crippen molar-refractivity contribution in [1.82, 2.24) is 9.97 Å². The molecule has 0 radical (unpaired) electrons. The zero-order chi connectivity index (χ0) is 40.8. The van der Waals surface area contributed by atoms with E-state index in [1.165, 1.54) is 55.6 Å². The minimum absolute atomic E-state index is 0.597. The topological polar surface area (TPSA) is 38.9 Å². The normalized spacial score (nSPS) is 13.0. The zero-order valence-corrected chi connectivity index (χ0v) is 33.6. The van der Waals surface area contributed by atoms with Crippen molar-refractivity contribution < 1.29 is 4.42 Å². The number of rotatable bonds is 4. The molecule has 3 nitrogen and oxygen atoms in total. The van der Waals surface area contributed by atoms with E-state index in [9.17, 15) is 0 Å². The lowest BCUT2D eigenvalue weighted by molar-refractivity contribution is 0.669. The van der Waals surface area contributed by atoms with Crippen molar-refractivity contribution >= 4 is 21.9 Å². The van der Waals surface area contributed by atoms with Gasteiger partial charge in [-0.1, -0.05) is 182 Å². The van der Waals surface area contributed by atoms with Crippen molar-refractivity contribution in [3.63, 3.8) is 0 Å². The first kappa shape index (κ1) is 34.7. The van der Waals surface area contributed by atoms with Gasteiger partial charge in [0.1, 0.15) is 11.2 Å². The van der Waals surface area contributed by atoms with Gasteiger partial charge in [0, 0.05) is 27.5 Å². The Bertz CT molecular complexity index is 3530. The summed E-state index contributed by atoms with van der Waals surface area (Å²) in [4.78, 5) is 10.9. The third kappa shape index (κ3) is 5.00. The molecule has 0 atom stereocenters. The molecule has 288 valence electrons. The highest BCUT2D eigenvalue weighted by molar-refractivity contribution is 6.06. The highest BCUT2D eigenvalue weighted by Crippen LogP contribution is 2.61. The number of hydrogen-bond donors (Lipinski definition) is 0. The van der Waals surface area contributed by atoms with Crippen molar-refractivity contribution in [1.29, 1.82) is 0 Å². The largest absolute Gasteiger partial charge is 0.456 e. The summed E-state index contributed by atoms with van der Waals surface area (Å²) >= 11 is 0. The van der Waals surface area contributed by atoms with E-state index in [0.29, 0.717) is 5.82 Å². The average Bonchev–Trinajstić information content (AvgIpc) is 3.83. The van der Waals surface area contributed by atoms with Crippen molar-refractivity contribution in [2.45, 2.75) is 5.41 Å². The molecule has 2 heterocycles. The van der Waals surface area contributed by atoms with E-state index < -0.39 is 5.41 Å². The Kier molecular flexibility index (Phi) is 7.52. The summed E-state index contributed by atoms with van der Waals surface area (Å²) in [7, 11) is 0. The quantitative estimate of drug-likeness (QED) is 0.178. The van der Waals surface area contributed by atoms with E-state index in [1.807, 2.05) is 12.1 Å². The lowest BCUT2D eigenvalue weighted by atomic mass is 9.65. The molecule has 11 aromatic rings. The number of nitrogens with zero attached hydrogens (tertiary/aromatic N) is 2. The molecule has 0 unspecified atom stereocenters. The van der Waals surface area contributed by atoms with E-state index >= 15 is 0 Å². The number of para-hydroxylation sites is 1. The van der Waals surface area contributed by atoms with Gasteiger partial charge in [0.15, 0.2) is 5.82 Å². The highest BCUT2D eigenvalue weighted by Gasteiger charge is 2.49. The van der Waals surface area contributed by atoms with Crippen molar-refractivity contribution in [3.8, 4) is 78.4 Å². The molecule has 0 fully saturated rings. The van der Waals surface area contributed by atoms with Gasteiger partial charge in [-0.05, 0) is 103 Å². The molecule has 0 saturated carbocycles. The maximum absolute atomic E-state index is 6.26. The number of furan rings is 1. The molecule has 13 rings (SSSR count). The third-order valence-corrected chi connectivity index (χ3v) is 13.2. The molecule has 1 spiro atoms. The molecule has 2 aliphatic rings. The van der Waals surface area contributed by atoms with Gasteiger partial charge in [0.2, 0.25) is 0 Å². The number of hydrogen-bond acceptors (Lipinski definition) is 3. The van der Waals surface area contributed by atoms with Gasteiger partial charge in [0.05, 0.1) is 16.8 Å². The molecule has 0 aliphatic heterocycles. The predicted molar refractivity (Wildman–Crippen MR) is 253 cm³/mol. The molecule has 0 bridgehead atoms. The van der Waals surface area contributed by atoms with E-state index in [1.54, 1.807) is 0 Å². The molecular weight excluding hydrogens is 753 g/mol. The van der Waals surface area contributed by atoms with Crippen LogP contribution in [-0.2, 0) is 5.41 Å². The fourth-order valence-corrected chi connectivity index (χ4v) is 10.5. The van der Waals surface area contributed by atoms with Crippen LogP contribution in [0, 0.1) is 0 Å². The Morgan fingerprint density at radius 1 is 0.290 bits per heavy atom. The fraction of sp³-hybridized carbons (Fsp3) is 0.0169. The van der Waals surface area contributed by atoms with Crippen LogP contribution in [0.3, 0.4) is 0 Å². The van der Waals surface area contributed by atoms with Gasteiger partial charge in [-0.2, -0.15) is 0 Å². The molecule has 9 aromatic carbocycles. The van der Waals surface area contributed by atoms with Crippen LogP contribution >= 0.6 is 0 Å². The second kappa shape index (κ2) is 13.4. The predicted octanol–water partition coefficient (Wildman–Crippen LogP) is 15.1. The minimum Gasteiger partial charge on any atom is -0.456 e. The maximum Gasteiger partial charge on any atom is 0.161 e. The fourth-order valence-electron chi connectivity index (χ4n) is 10.5. The molecule has 2 aromatic heterocycles. The third-order valence-electron chi connectivity index (χ3n) is 13.2. The second-order valence-electron chi connectivity index (χ2n) is 16.4. The van der Waals surface area contributed by atoms with Gasteiger partial charge < -0.3 is 4.42 Å². The highest BCUT2D eigenvalue weighted by atomic mass is 16.3. The molecule has 0 saturated heterocycles. The summed E-state index contributed by atoms with van der Waals surface area (Å²) in [6, 6.07) is 78.8. The van der Waals surface area contributed by atoms with Crippen LogP contribution in [0.5, 0.6) is 0 Å². The summed E-state index contributed by atoms with van der Waals surface area (Å²) < 4.78 is 6.26. The van der Waals surface area contributed by atoms with Gasteiger partial charge in [-0.3, -0.25) is 0 Å². The molecule has 62 heavy (non-hydrogen) atoms. The first-order valence-corrected chi connectivity index (χ1v) is 21.2. The smallest absolute Gasteiger partial charge is 0.161 e. The summed E-state index contributed by atoms with van der Waals surface area (Å²) in [6.07, 6.45) is 0. The Hall–Kier alpha value is -8.14. The van der Waals surface area contributed by atoms with Crippen molar-refractivity contribution in [3.05, 3.63) is 241 Å². The van der Waals surface area contributed by atoms with E-state index in [0.717, 1.165) is 61.1 Å². The Balaban J connectivity index is 1.09. The van der Waals surface area contributed by atoms with Crippen LogP contribution in [0.15, 0.2) is 223 Å². The minimum atomic E-state index is -0.597. The van der Waals surface area contributed by atoms with Crippen LogP contribution in [0.2, 0.25) is 0 Å². The maximum atomic E-state index is 6.26. The molecular formula is C59H36N2O. The van der Waals surface area contributed by atoms with Gasteiger partial charge in [0.25, 0.3) is 0 Å². The van der Waals surface area contributed by atoms with Crippen LogP contribution in [0.25, 0.3) is 100 Å². The van der Waals surface area contributed by atoms with Gasteiger partial charge >= 0.3 is 0 Å². The summed E-state index contributed by atoms with van der Waals surface area (Å²) in [5, 5.41) is 2.15. The summed E-state index contributed by atoms with van der Waals surface area (Å²) in [6.45, 7) is 0. The van der Waals surface area contributed by atoms with E-state index in [2.05, 4.69) is 206 Å². The molecule has 0 N–H and O–H groups in total. The van der Waals surface area contributed by atoms with Crippen molar-refractivity contribution in [2.75, 3.05) is 0 Å². The molecule has 3 heteroatoms. The van der Waals surface area contributed by atoms with Crippen LogP contribution < -0.4 is 0 Å². The summed E-state index contributed by atoms with van der Waals surface area (Å²) in [5.74, 6) is 0.674. The SMILES string of the molecule is c1ccc(-c2ccccc2-c2nc(-c3ccc4c(c3)C3(c5ccccc5-c5ccccc5-c5ccccc53)c3ccccc3-4)cc(-c3ccc4oc5ccccc5c4c3)n2)cc1. The first-order chi connectivity index (χ1) is 30.7. The Labute approximate surface area is 359 Å². The lowest BCUT2D eigenvalue weighted by Crippen LogP contribution is -2.29. The zero-order valence-electron chi connectivity index (χ0n) is 33.6. The monoisotopic (exact) mass is 788 g/mol. The standard InChI is InChI=1S/C59H36N2O/c1-2-16-37(17-3-1)40-18-4-7-25-48(40)58-60-54(38-31-33-57-49(34-38)47-24-11-15-29-56(47)62-57)36-55(61-58)39-30-32-46-45-23-10-14-28-52(45)59(53(46)35-39)50-26-12-8-21-43(50)41-19-5-6-20-42(41)44-22-9-13-27-51(44)59/h1-36H. The van der Waals surface area contributed by atoms with Gasteiger partial charge in [-0.25, -0.2) is 9.97 Å². The Morgan fingerprint density at radius 2 is 0.758 bits per heavy atom. The van der Waals surface area contributed by atoms with E-state index in [-0.39, 0.29) is 0 Å². The number of fused-ring (bicyclic) bond motifs is 15. The Morgan fingerprint density at radius 3 is 1.42 bits per heavy atom. The summed E-state index contributed by atoms with van der Waals surface area (Å²) in [5.41, 5.74) is 20.6. The van der Waals surface area contributed by atoms with E-state index in [4.69, 9.17) is 14.4 Å². The van der Waals surface area contributed by atoms with Gasteiger partial charge in [-0.15, -0.1) is 0 Å². The first-order valence-electron chi connectivity index (χ1n) is 21.2. The molecule has 2 aliphatic carbocycles. The second-order valence-corrected chi connectivity index (χ2v) is 16.4.